The molecule has 2 aromatic carbocycles. The van der Waals surface area contributed by atoms with Gasteiger partial charge in [-0.15, -0.1) is 24.0 Å². The summed E-state index contributed by atoms with van der Waals surface area (Å²) in [6, 6.07) is 13.3. The Hall–Kier alpha value is -2.36. The van der Waals surface area contributed by atoms with E-state index >= 15 is 0 Å². The van der Waals surface area contributed by atoms with Crippen molar-refractivity contribution in [2.24, 2.45) is 4.99 Å². The smallest absolute Gasteiger partial charge is 0.243 e. The van der Waals surface area contributed by atoms with Gasteiger partial charge in [-0.25, -0.2) is 4.39 Å². The van der Waals surface area contributed by atoms with Gasteiger partial charge in [0, 0.05) is 24.8 Å². The van der Waals surface area contributed by atoms with Crippen molar-refractivity contribution in [3.8, 4) is 5.75 Å². The van der Waals surface area contributed by atoms with E-state index in [0.717, 1.165) is 11.3 Å². The normalized spacial score (nSPS) is 10.6. The van der Waals surface area contributed by atoms with E-state index in [0.29, 0.717) is 24.8 Å². The molecule has 0 fully saturated rings. The van der Waals surface area contributed by atoms with Gasteiger partial charge in [-0.2, -0.15) is 0 Å². The average molecular weight is 486 g/mol. The van der Waals surface area contributed by atoms with Crippen molar-refractivity contribution in [1.82, 2.24) is 10.6 Å². The topological polar surface area (TPSA) is 74.8 Å². The Kier molecular flexibility index (Phi) is 10.2. The SMILES string of the molecule is CCOc1ccccc1CNC(=NC)NCC(=O)Nc1ccc(F)cc1.I. The van der Waals surface area contributed by atoms with Gasteiger partial charge in [-0.3, -0.25) is 9.79 Å². The van der Waals surface area contributed by atoms with Crippen molar-refractivity contribution >= 4 is 41.5 Å². The van der Waals surface area contributed by atoms with Crippen LogP contribution in [-0.2, 0) is 11.3 Å². The van der Waals surface area contributed by atoms with Gasteiger partial charge >= 0.3 is 0 Å². The molecule has 0 aliphatic rings. The molecule has 8 heteroatoms. The molecule has 0 unspecified atom stereocenters. The van der Waals surface area contributed by atoms with E-state index in [-0.39, 0.29) is 42.2 Å². The van der Waals surface area contributed by atoms with Crippen LogP contribution in [0.2, 0.25) is 0 Å². The Labute approximate surface area is 175 Å². The van der Waals surface area contributed by atoms with Crippen LogP contribution < -0.4 is 20.7 Å². The first kappa shape index (κ1) is 22.7. The molecule has 0 atom stereocenters. The number of nitrogens with zero attached hydrogens (tertiary/aromatic N) is 1. The quantitative estimate of drug-likeness (QED) is 0.320. The van der Waals surface area contributed by atoms with E-state index < -0.39 is 0 Å². The van der Waals surface area contributed by atoms with Gasteiger partial charge < -0.3 is 20.7 Å². The van der Waals surface area contributed by atoms with Gasteiger partial charge in [-0.1, -0.05) is 18.2 Å². The van der Waals surface area contributed by atoms with E-state index in [1.807, 2.05) is 31.2 Å². The fraction of sp³-hybridized carbons (Fsp3) is 0.263. The third-order valence-corrected chi connectivity index (χ3v) is 3.49. The lowest BCUT2D eigenvalue weighted by Gasteiger charge is -2.14. The third-order valence-electron chi connectivity index (χ3n) is 3.49. The molecule has 0 bridgehead atoms. The van der Waals surface area contributed by atoms with Gasteiger partial charge in [0.25, 0.3) is 0 Å². The van der Waals surface area contributed by atoms with Crippen LogP contribution in [0.15, 0.2) is 53.5 Å². The van der Waals surface area contributed by atoms with Crippen molar-refractivity contribution in [1.29, 1.82) is 0 Å². The first-order chi connectivity index (χ1) is 12.6. The number of aliphatic imine (C=N–C) groups is 1. The summed E-state index contributed by atoms with van der Waals surface area (Å²) in [5.74, 6) is 0.699. The maximum atomic E-state index is 12.9. The Morgan fingerprint density at radius 2 is 1.81 bits per heavy atom. The Bertz CT molecular complexity index is 754. The molecule has 2 rings (SSSR count). The third kappa shape index (κ3) is 7.81. The van der Waals surface area contributed by atoms with Gasteiger partial charge in [0.05, 0.1) is 13.2 Å². The fourth-order valence-electron chi connectivity index (χ4n) is 2.25. The van der Waals surface area contributed by atoms with Crippen LogP contribution in [0.25, 0.3) is 0 Å². The van der Waals surface area contributed by atoms with E-state index in [9.17, 15) is 9.18 Å². The molecule has 146 valence electrons. The summed E-state index contributed by atoms with van der Waals surface area (Å²) in [5, 5.41) is 8.75. The Balaban J connectivity index is 0.00000364. The largest absolute Gasteiger partial charge is 0.494 e. The monoisotopic (exact) mass is 486 g/mol. The highest BCUT2D eigenvalue weighted by Crippen LogP contribution is 2.17. The number of nitrogens with one attached hydrogen (secondary N) is 3. The number of guanidine groups is 1. The molecule has 27 heavy (non-hydrogen) atoms. The summed E-state index contributed by atoms with van der Waals surface area (Å²) in [6.07, 6.45) is 0. The highest BCUT2D eigenvalue weighted by Gasteiger charge is 2.06. The Morgan fingerprint density at radius 1 is 1.11 bits per heavy atom. The van der Waals surface area contributed by atoms with Crippen molar-refractivity contribution < 1.29 is 13.9 Å². The van der Waals surface area contributed by atoms with E-state index in [2.05, 4.69) is 20.9 Å². The molecule has 0 saturated heterocycles. The molecule has 0 radical (unpaired) electrons. The first-order valence-corrected chi connectivity index (χ1v) is 8.33. The van der Waals surface area contributed by atoms with Crippen molar-refractivity contribution in [3.63, 3.8) is 0 Å². The number of benzene rings is 2. The van der Waals surface area contributed by atoms with Crippen LogP contribution in [-0.4, -0.2) is 32.1 Å². The predicted molar refractivity (Wildman–Crippen MR) is 116 cm³/mol. The van der Waals surface area contributed by atoms with E-state index in [4.69, 9.17) is 4.74 Å². The second-order valence-electron chi connectivity index (χ2n) is 5.38. The molecule has 1 amide bonds. The number of anilines is 1. The number of halogens is 2. The van der Waals surface area contributed by atoms with Crippen molar-refractivity contribution in [2.45, 2.75) is 13.5 Å². The number of carbonyl (C=O) groups is 1. The number of hydrogen-bond donors (Lipinski definition) is 3. The zero-order chi connectivity index (χ0) is 18.8. The zero-order valence-corrected chi connectivity index (χ0v) is 17.6. The number of hydrogen-bond acceptors (Lipinski definition) is 3. The number of rotatable bonds is 7. The molecular formula is C19H24FIN4O2. The molecule has 2 aromatic rings. The zero-order valence-electron chi connectivity index (χ0n) is 15.3. The summed E-state index contributed by atoms with van der Waals surface area (Å²) in [6.45, 7) is 3.07. The molecule has 0 aromatic heterocycles. The Morgan fingerprint density at radius 3 is 2.48 bits per heavy atom. The summed E-state index contributed by atoms with van der Waals surface area (Å²) >= 11 is 0. The maximum absolute atomic E-state index is 12.9. The summed E-state index contributed by atoms with van der Waals surface area (Å²) in [7, 11) is 1.63. The van der Waals surface area contributed by atoms with E-state index in [1.165, 1.54) is 24.3 Å². The predicted octanol–water partition coefficient (Wildman–Crippen LogP) is 3.15. The number of ether oxygens (including phenoxy) is 1. The van der Waals surface area contributed by atoms with Gasteiger partial charge in [0.15, 0.2) is 5.96 Å². The van der Waals surface area contributed by atoms with E-state index in [1.54, 1.807) is 7.05 Å². The van der Waals surface area contributed by atoms with Gasteiger partial charge in [0.1, 0.15) is 11.6 Å². The molecule has 0 spiro atoms. The van der Waals surface area contributed by atoms with Gasteiger partial charge in [0.2, 0.25) is 5.91 Å². The second-order valence-corrected chi connectivity index (χ2v) is 5.38. The average Bonchev–Trinajstić information content (AvgIpc) is 2.65. The summed E-state index contributed by atoms with van der Waals surface area (Å²) in [4.78, 5) is 16.1. The molecule has 3 N–H and O–H groups in total. The molecule has 0 aliphatic carbocycles. The minimum Gasteiger partial charge on any atom is -0.494 e. The molecular weight excluding hydrogens is 462 g/mol. The summed E-state index contributed by atoms with van der Waals surface area (Å²) < 4.78 is 18.5. The fourth-order valence-corrected chi connectivity index (χ4v) is 2.25. The van der Waals surface area contributed by atoms with Crippen molar-refractivity contribution in [3.05, 3.63) is 59.9 Å². The van der Waals surface area contributed by atoms with Crippen LogP contribution in [0.4, 0.5) is 10.1 Å². The minimum absolute atomic E-state index is 0. The lowest BCUT2D eigenvalue weighted by atomic mass is 10.2. The van der Waals surface area contributed by atoms with Crippen LogP contribution in [0.3, 0.4) is 0 Å². The molecule has 0 aliphatic heterocycles. The van der Waals surface area contributed by atoms with Crippen LogP contribution in [0.5, 0.6) is 5.75 Å². The molecule has 6 nitrogen and oxygen atoms in total. The molecule has 0 heterocycles. The standard InChI is InChI=1S/C19H23FN4O2.HI/c1-3-26-17-7-5-4-6-14(17)12-22-19(21-2)23-13-18(25)24-16-10-8-15(20)9-11-16;/h4-11H,3,12-13H2,1-2H3,(H,24,25)(H2,21,22,23);1H. The van der Waals surface area contributed by atoms with Crippen LogP contribution in [0, 0.1) is 5.82 Å². The lowest BCUT2D eigenvalue weighted by Crippen LogP contribution is -2.41. The lowest BCUT2D eigenvalue weighted by molar-refractivity contribution is -0.115. The first-order valence-electron chi connectivity index (χ1n) is 8.33. The van der Waals surface area contributed by atoms with Crippen molar-refractivity contribution in [2.75, 3.05) is 25.5 Å². The number of para-hydroxylation sites is 1. The number of amides is 1. The maximum Gasteiger partial charge on any atom is 0.243 e. The number of carbonyl (C=O) groups excluding carboxylic acids is 1. The molecule has 0 saturated carbocycles. The van der Waals surface area contributed by atoms with Crippen LogP contribution in [0.1, 0.15) is 12.5 Å². The highest BCUT2D eigenvalue weighted by atomic mass is 127. The second kappa shape index (κ2) is 12.1. The highest BCUT2D eigenvalue weighted by molar-refractivity contribution is 14.0. The summed E-state index contributed by atoms with van der Waals surface area (Å²) in [5.41, 5.74) is 1.53. The minimum atomic E-state index is -0.349. The van der Waals surface area contributed by atoms with Crippen LogP contribution >= 0.6 is 24.0 Å². The van der Waals surface area contributed by atoms with Gasteiger partial charge in [-0.05, 0) is 37.3 Å².